The number of fused-ring (bicyclic) bond motifs is 1. The third-order valence-electron chi connectivity index (χ3n) is 4.83. The molecule has 31 heavy (non-hydrogen) atoms. The maximum Gasteiger partial charge on any atom is 0.408 e. The smallest absolute Gasteiger partial charge is 0.408 e. The maximum absolute atomic E-state index is 13.0. The highest BCUT2D eigenvalue weighted by Crippen LogP contribution is 2.29. The molecule has 1 aliphatic heterocycles. The molecule has 0 saturated carbocycles. The standard InChI is InChI=1S/C23H29N3O4S/c1-5-17(25-22(29)30-23(2,3)4)21(28)26-12-11-18-15(14-26)13-19(31-18)20(27)24-16-9-7-6-8-10-16/h6-10,13,17H,5,11-12,14H2,1-4H3,(H,24,27)(H,25,29)/t17-/m1/s1. The van der Waals surface area contributed by atoms with Gasteiger partial charge in [-0.15, -0.1) is 11.3 Å². The van der Waals surface area contributed by atoms with E-state index in [1.807, 2.05) is 43.3 Å². The summed E-state index contributed by atoms with van der Waals surface area (Å²) in [5.41, 5.74) is 1.10. The minimum atomic E-state index is -0.643. The van der Waals surface area contributed by atoms with E-state index in [1.54, 1.807) is 25.7 Å². The Bertz CT molecular complexity index is 949. The molecule has 3 rings (SSSR count). The van der Waals surface area contributed by atoms with Crippen molar-refractivity contribution in [1.29, 1.82) is 0 Å². The van der Waals surface area contributed by atoms with Gasteiger partial charge in [0.15, 0.2) is 0 Å². The topological polar surface area (TPSA) is 87.7 Å². The third-order valence-corrected chi connectivity index (χ3v) is 6.07. The number of hydrogen-bond acceptors (Lipinski definition) is 5. The van der Waals surface area contributed by atoms with Crippen LogP contribution in [0.5, 0.6) is 0 Å². The Kier molecular flexibility index (Phi) is 7.00. The Morgan fingerprint density at radius 2 is 1.90 bits per heavy atom. The molecule has 0 saturated heterocycles. The average molecular weight is 444 g/mol. The van der Waals surface area contributed by atoms with E-state index >= 15 is 0 Å². The number of nitrogens with one attached hydrogen (secondary N) is 2. The van der Waals surface area contributed by atoms with Gasteiger partial charge in [-0.25, -0.2) is 4.79 Å². The van der Waals surface area contributed by atoms with Crippen molar-refractivity contribution >= 4 is 34.9 Å². The van der Waals surface area contributed by atoms with E-state index in [0.717, 1.165) is 16.1 Å². The SMILES string of the molecule is CC[C@@H](NC(=O)OC(C)(C)C)C(=O)N1CCc2sc(C(=O)Nc3ccccc3)cc2C1. The van der Waals surface area contributed by atoms with Crippen LogP contribution in [0.1, 0.15) is 54.2 Å². The Hall–Kier alpha value is -2.87. The predicted octanol–water partition coefficient (Wildman–Crippen LogP) is 4.19. The van der Waals surface area contributed by atoms with Crippen LogP contribution in [-0.2, 0) is 22.5 Å². The second-order valence-electron chi connectivity index (χ2n) is 8.50. The van der Waals surface area contributed by atoms with Crippen molar-refractivity contribution in [3.05, 3.63) is 51.7 Å². The van der Waals surface area contributed by atoms with Crippen LogP contribution in [0.3, 0.4) is 0 Å². The third kappa shape index (κ3) is 6.07. The first kappa shape index (κ1) is 22.8. The van der Waals surface area contributed by atoms with Gasteiger partial charge in [-0.3, -0.25) is 9.59 Å². The molecule has 3 amide bonds. The van der Waals surface area contributed by atoms with E-state index in [0.29, 0.717) is 30.8 Å². The molecule has 1 atom stereocenters. The Morgan fingerprint density at radius 3 is 2.55 bits per heavy atom. The number of para-hydroxylation sites is 1. The van der Waals surface area contributed by atoms with Crippen molar-refractivity contribution in [2.75, 3.05) is 11.9 Å². The number of ether oxygens (including phenoxy) is 1. The van der Waals surface area contributed by atoms with Gasteiger partial charge < -0.3 is 20.3 Å². The number of benzene rings is 1. The van der Waals surface area contributed by atoms with Gasteiger partial charge >= 0.3 is 6.09 Å². The van der Waals surface area contributed by atoms with E-state index in [-0.39, 0.29) is 11.8 Å². The van der Waals surface area contributed by atoms with Crippen LogP contribution in [0.15, 0.2) is 36.4 Å². The summed E-state index contributed by atoms with van der Waals surface area (Å²) in [5, 5.41) is 5.58. The Morgan fingerprint density at radius 1 is 1.19 bits per heavy atom. The Balaban J connectivity index is 1.64. The highest BCUT2D eigenvalue weighted by Gasteiger charge is 2.30. The summed E-state index contributed by atoms with van der Waals surface area (Å²) >= 11 is 1.47. The van der Waals surface area contributed by atoms with Gasteiger partial charge in [0.25, 0.3) is 5.91 Å². The van der Waals surface area contributed by atoms with Crippen LogP contribution < -0.4 is 10.6 Å². The lowest BCUT2D eigenvalue weighted by molar-refractivity contribution is -0.134. The van der Waals surface area contributed by atoms with Crippen molar-refractivity contribution in [2.24, 2.45) is 0 Å². The van der Waals surface area contributed by atoms with E-state index < -0.39 is 17.7 Å². The molecule has 2 heterocycles. The first-order valence-corrected chi connectivity index (χ1v) is 11.2. The van der Waals surface area contributed by atoms with Crippen LogP contribution in [0.2, 0.25) is 0 Å². The first-order valence-electron chi connectivity index (χ1n) is 10.4. The predicted molar refractivity (Wildman–Crippen MR) is 121 cm³/mol. The monoisotopic (exact) mass is 443 g/mol. The van der Waals surface area contributed by atoms with Gasteiger partial charge in [0.1, 0.15) is 11.6 Å². The maximum atomic E-state index is 13.0. The van der Waals surface area contributed by atoms with Gasteiger partial charge in [-0.2, -0.15) is 0 Å². The summed E-state index contributed by atoms with van der Waals surface area (Å²) in [4.78, 5) is 41.2. The molecule has 0 aliphatic carbocycles. The summed E-state index contributed by atoms with van der Waals surface area (Å²) in [6.45, 7) is 8.18. The lowest BCUT2D eigenvalue weighted by atomic mass is 10.1. The number of amides is 3. The summed E-state index contributed by atoms with van der Waals surface area (Å²) in [6, 6.07) is 10.5. The van der Waals surface area contributed by atoms with Gasteiger partial charge in [0, 0.05) is 23.7 Å². The van der Waals surface area contributed by atoms with Crippen LogP contribution in [0.25, 0.3) is 0 Å². The van der Waals surface area contributed by atoms with E-state index in [2.05, 4.69) is 10.6 Å². The molecule has 8 heteroatoms. The highest BCUT2D eigenvalue weighted by atomic mass is 32.1. The molecule has 2 N–H and O–H groups in total. The zero-order valence-electron chi connectivity index (χ0n) is 18.4. The largest absolute Gasteiger partial charge is 0.444 e. The van der Waals surface area contributed by atoms with Crippen molar-refractivity contribution in [3.8, 4) is 0 Å². The van der Waals surface area contributed by atoms with Crippen LogP contribution in [-0.4, -0.2) is 41.0 Å². The van der Waals surface area contributed by atoms with E-state index in [9.17, 15) is 14.4 Å². The highest BCUT2D eigenvalue weighted by molar-refractivity contribution is 7.14. The second-order valence-corrected chi connectivity index (χ2v) is 9.63. The zero-order chi connectivity index (χ0) is 22.6. The molecule has 0 spiro atoms. The number of carbonyl (C=O) groups is 3. The fourth-order valence-electron chi connectivity index (χ4n) is 3.36. The molecular weight excluding hydrogens is 414 g/mol. The van der Waals surface area contributed by atoms with Crippen molar-refractivity contribution < 1.29 is 19.1 Å². The minimum Gasteiger partial charge on any atom is -0.444 e. The number of anilines is 1. The van der Waals surface area contributed by atoms with Gasteiger partial charge in [-0.05, 0) is 57.4 Å². The molecule has 1 aliphatic rings. The van der Waals surface area contributed by atoms with Gasteiger partial charge in [0.2, 0.25) is 5.91 Å². The van der Waals surface area contributed by atoms with Crippen molar-refractivity contribution in [2.45, 2.75) is 58.7 Å². The fraction of sp³-hybridized carbons (Fsp3) is 0.435. The van der Waals surface area contributed by atoms with Crippen LogP contribution in [0, 0.1) is 0 Å². The fourth-order valence-corrected chi connectivity index (χ4v) is 4.41. The summed E-state index contributed by atoms with van der Waals surface area (Å²) < 4.78 is 5.28. The zero-order valence-corrected chi connectivity index (χ0v) is 19.2. The number of hydrogen-bond donors (Lipinski definition) is 2. The number of rotatable bonds is 5. The lowest BCUT2D eigenvalue weighted by Gasteiger charge is -2.31. The first-order chi connectivity index (χ1) is 14.7. The lowest BCUT2D eigenvalue weighted by Crippen LogP contribution is -2.50. The molecular formula is C23H29N3O4S. The van der Waals surface area contributed by atoms with E-state index in [4.69, 9.17) is 4.74 Å². The van der Waals surface area contributed by atoms with Crippen molar-refractivity contribution in [1.82, 2.24) is 10.2 Å². The second kappa shape index (κ2) is 9.51. The van der Waals surface area contributed by atoms with Gasteiger partial charge in [-0.1, -0.05) is 25.1 Å². The van der Waals surface area contributed by atoms with Crippen molar-refractivity contribution in [3.63, 3.8) is 0 Å². The number of carbonyl (C=O) groups excluding carboxylic acids is 3. The van der Waals surface area contributed by atoms with Gasteiger partial charge in [0.05, 0.1) is 4.88 Å². The number of thiophene rings is 1. The molecule has 0 radical (unpaired) electrons. The summed E-state index contributed by atoms with van der Waals surface area (Å²) in [5.74, 6) is -0.290. The summed E-state index contributed by atoms with van der Waals surface area (Å²) in [6.07, 6.45) is 0.559. The summed E-state index contributed by atoms with van der Waals surface area (Å²) in [7, 11) is 0. The molecule has 0 unspecified atom stereocenters. The van der Waals surface area contributed by atoms with Crippen LogP contribution >= 0.6 is 11.3 Å². The average Bonchev–Trinajstić information content (AvgIpc) is 3.14. The molecule has 1 aromatic heterocycles. The Labute approximate surface area is 186 Å². The molecule has 0 fully saturated rings. The molecule has 166 valence electrons. The number of alkyl carbamates (subject to hydrolysis) is 1. The molecule has 0 bridgehead atoms. The molecule has 2 aromatic rings. The quantitative estimate of drug-likeness (QED) is 0.725. The van der Waals surface area contributed by atoms with E-state index in [1.165, 1.54) is 11.3 Å². The molecule has 7 nitrogen and oxygen atoms in total. The minimum absolute atomic E-state index is 0.138. The normalized spacial score (nSPS) is 14.4. The number of nitrogens with zero attached hydrogens (tertiary/aromatic N) is 1. The molecule has 1 aromatic carbocycles. The van der Waals surface area contributed by atoms with Crippen LogP contribution in [0.4, 0.5) is 10.5 Å².